The number of benzene rings is 3. The number of rotatable bonds is 6. The molecule has 1 aromatic heterocycles. The summed E-state index contributed by atoms with van der Waals surface area (Å²) in [6, 6.07) is 19.8. The Kier molecular flexibility index (Phi) is 6.32. The second-order valence-corrected chi connectivity index (χ2v) is 8.83. The van der Waals surface area contributed by atoms with Crippen LogP contribution in [-0.2, 0) is 6.61 Å². The lowest BCUT2D eigenvalue weighted by molar-refractivity contribution is 0.302. The molecule has 146 valence electrons. The van der Waals surface area contributed by atoms with Crippen LogP contribution >= 0.6 is 47.8 Å². The fourth-order valence-electron chi connectivity index (χ4n) is 2.70. The van der Waals surface area contributed by atoms with Crippen LogP contribution in [0.1, 0.15) is 11.1 Å². The van der Waals surface area contributed by atoms with Crippen molar-refractivity contribution < 1.29 is 4.74 Å². The SMILES string of the molecule is Brc1ccc(COc2c(Br)cc(/C=N/Nc3nc4ccccc4[nH]3)cc2Br)cc1. The quantitative estimate of drug-likeness (QED) is 0.194. The largest absolute Gasteiger partial charge is 0.487 e. The van der Waals surface area contributed by atoms with E-state index >= 15 is 0 Å². The first-order valence-corrected chi connectivity index (χ1v) is 11.1. The Labute approximate surface area is 193 Å². The van der Waals surface area contributed by atoms with Crippen LogP contribution in [0.5, 0.6) is 5.75 Å². The smallest absolute Gasteiger partial charge is 0.222 e. The van der Waals surface area contributed by atoms with Gasteiger partial charge in [-0.2, -0.15) is 5.10 Å². The van der Waals surface area contributed by atoms with Crippen LogP contribution in [0.2, 0.25) is 0 Å². The van der Waals surface area contributed by atoms with Gasteiger partial charge in [0, 0.05) is 4.47 Å². The van der Waals surface area contributed by atoms with Gasteiger partial charge >= 0.3 is 0 Å². The summed E-state index contributed by atoms with van der Waals surface area (Å²) >= 11 is 10.6. The molecule has 0 saturated carbocycles. The number of nitrogens with zero attached hydrogens (tertiary/aromatic N) is 2. The normalized spacial score (nSPS) is 11.3. The number of halogens is 3. The Bertz CT molecular complexity index is 1120. The summed E-state index contributed by atoms with van der Waals surface area (Å²) in [5.74, 6) is 1.34. The van der Waals surface area contributed by atoms with Crippen molar-refractivity contribution in [3.63, 3.8) is 0 Å². The van der Waals surface area contributed by atoms with E-state index in [9.17, 15) is 0 Å². The van der Waals surface area contributed by atoms with Crippen LogP contribution in [0.15, 0.2) is 79.2 Å². The molecule has 0 bridgehead atoms. The molecule has 29 heavy (non-hydrogen) atoms. The first-order chi connectivity index (χ1) is 14.1. The number of anilines is 1. The number of hydrazone groups is 1. The Morgan fingerprint density at radius 3 is 2.45 bits per heavy atom. The molecule has 0 fully saturated rings. The van der Waals surface area contributed by atoms with Crippen molar-refractivity contribution in [1.29, 1.82) is 0 Å². The van der Waals surface area contributed by atoms with Crippen LogP contribution in [0.25, 0.3) is 11.0 Å². The molecule has 0 saturated heterocycles. The summed E-state index contributed by atoms with van der Waals surface area (Å²) in [5, 5.41) is 4.27. The number of imidazole rings is 1. The lowest BCUT2D eigenvalue weighted by Crippen LogP contribution is -1.98. The number of hydrogen-bond acceptors (Lipinski definition) is 4. The summed E-state index contributed by atoms with van der Waals surface area (Å²) in [6.07, 6.45) is 1.72. The predicted octanol–water partition coefficient (Wildman–Crippen LogP) is 6.88. The topological polar surface area (TPSA) is 62.3 Å². The van der Waals surface area contributed by atoms with Crippen LogP contribution in [0.4, 0.5) is 5.95 Å². The second-order valence-electron chi connectivity index (χ2n) is 6.20. The first-order valence-electron chi connectivity index (χ1n) is 8.68. The molecule has 5 nitrogen and oxygen atoms in total. The van der Waals surface area contributed by atoms with Gasteiger partial charge in [-0.25, -0.2) is 10.4 Å². The molecule has 3 aromatic carbocycles. The highest BCUT2D eigenvalue weighted by atomic mass is 79.9. The van der Waals surface area contributed by atoms with Gasteiger partial charge in [0.15, 0.2) is 0 Å². The van der Waals surface area contributed by atoms with E-state index in [1.165, 1.54) is 0 Å². The van der Waals surface area contributed by atoms with E-state index in [1.54, 1.807) is 6.21 Å². The number of aromatic nitrogens is 2. The van der Waals surface area contributed by atoms with Crippen LogP contribution in [-0.4, -0.2) is 16.2 Å². The number of ether oxygens (including phenoxy) is 1. The molecule has 0 radical (unpaired) electrons. The zero-order valence-corrected chi connectivity index (χ0v) is 19.8. The van der Waals surface area contributed by atoms with E-state index < -0.39 is 0 Å². The lowest BCUT2D eigenvalue weighted by atomic mass is 10.2. The van der Waals surface area contributed by atoms with Gasteiger partial charge in [-0.05, 0) is 79.4 Å². The summed E-state index contributed by atoms with van der Waals surface area (Å²) in [7, 11) is 0. The third kappa shape index (κ3) is 5.07. The molecule has 4 aromatic rings. The van der Waals surface area contributed by atoms with Gasteiger partial charge in [0.25, 0.3) is 0 Å². The molecule has 2 N–H and O–H groups in total. The zero-order chi connectivity index (χ0) is 20.2. The number of fused-ring (bicyclic) bond motifs is 1. The van der Waals surface area contributed by atoms with Gasteiger partial charge in [0.2, 0.25) is 5.95 Å². The maximum absolute atomic E-state index is 5.97. The molecule has 0 aliphatic heterocycles. The lowest BCUT2D eigenvalue weighted by Gasteiger charge is -2.11. The highest BCUT2D eigenvalue weighted by molar-refractivity contribution is 9.11. The standard InChI is InChI=1S/C21H15Br3N4O/c22-15-7-5-13(6-8-15)12-29-20-16(23)9-14(10-17(20)24)11-25-28-21-26-18-3-1-2-4-19(18)27-21/h1-11H,12H2,(H2,26,27,28)/b25-11+. The summed E-state index contributed by atoms with van der Waals surface area (Å²) in [6.45, 7) is 0.478. The van der Waals surface area contributed by atoms with Gasteiger partial charge in [-0.3, -0.25) is 0 Å². The fraction of sp³-hybridized carbons (Fsp3) is 0.0476. The average Bonchev–Trinajstić information content (AvgIpc) is 3.11. The van der Waals surface area contributed by atoms with E-state index in [-0.39, 0.29) is 0 Å². The van der Waals surface area contributed by atoms with Crippen molar-refractivity contribution in [2.24, 2.45) is 5.10 Å². The van der Waals surface area contributed by atoms with Crippen LogP contribution in [0, 0.1) is 0 Å². The highest BCUT2D eigenvalue weighted by Gasteiger charge is 2.09. The molecule has 0 aliphatic carbocycles. The Morgan fingerprint density at radius 1 is 1.00 bits per heavy atom. The fourth-order valence-corrected chi connectivity index (χ4v) is 4.42. The molecule has 4 rings (SSSR count). The van der Waals surface area contributed by atoms with E-state index in [0.717, 1.165) is 41.3 Å². The maximum Gasteiger partial charge on any atom is 0.222 e. The minimum atomic E-state index is 0.478. The minimum absolute atomic E-state index is 0.478. The molecular formula is C21H15Br3N4O. The molecule has 0 aliphatic rings. The predicted molar refractivity (Wildman–Crippen MR) is 128 cm³/mol. The van der Waals surface area contributed by atoms with Crippen LogP contribution in [0.3, 0.4) is 0 Å². The Balaban J connectivity index is 1.43. The highest BCUT2D eigenvalue weighted by Crippen LogP contribution is 2.35. The van der Waals surface area contributed by atoms with Gasteiger partial charge in [-0.15, -0.1) is 0 Å². The molecular weight excluding hydrogens is 564 g/mol. The van der Waals surface area contributed by atoms with Crippen molar-refractivity contribution in [2.45, 2.75) is 6.61 Å². The third-order valence-electron chi connectivity index (χ3n) is 4.09. The average molecular weight is 579 g/mol. The van der Waals surface area contributed by atoms with E-state index in [1.807, 2.05) is 60.7 Å². The minimum Gasteiger partial charge on any atom is -0.487 e. The summed E-state index contributed by atoms with van der Waals surface area (Å²) < 4.78 is 8.70. The van der Waals surface area contributed by atoms with Gasteiger partial charge in [-0.1, -0.05) is 40.2 Å². The number of H-pyrrole nitrogens is 1. The van der Waals surface area contributed by atoms with Gasteiger partial charge < -0.3 is 9.72 Å². The molecule has 0 atom stereocenters. The van der Waals surface area contributed by atoms with Crippen molar-refractivity contribution >= 4 is 71.0 Å². The van der Waals surface area contributed by atoms with Crippen molar-refractivity contribution in [3.05, 3.63) is 85.2 Å². The molecule has 0 unspecified atom stereocenters. The van der Waals surface area contributed by atoms with Crippen molar-refractivity contribution in [3.8, 4) is 5.75 Å². The molecule has 8 heteroatoms. The third-order valence-corrected chi connectivity index (χ3v) is 5.80. The number of nitrogens with one attached hydrogen (secondary N) is 2. The molecule has 0 amide bonds. The van der Waals surface area contributed by atoms with Gasteiger partial charge in [0.05, 0.1) is 26.2 Å². The molecule has 0 spiro atoms. The number of aromatic amines is 1. The zero-order valence-electron chi connectivity index (χ0n) is 15.0. The summed E-state index contributed by atoms with van der Waals surface area (Å²) in [5.41, 5.74) is 6.77. The maximum atomic E-state index is 5.97. The Hall–Kier alpha value is -2.16. The molecule has 1 heterocycles. The second kappa shape index (κ2) is 9.11. The Morgan fingerprint density at radius 2 is 1.72 bits per heavy atom. The number of hydrogen-bond donors (Lipinski definition) is 2. The van der Waals surface area contributed by atoms with E-state index in [4.69, 9.17) is 4.74 Å². The van der Waals surface area contributed by atoms with E-state index in [0.29, 0.717) is 12.6 Å². The van der Waals surface area contributed by atoms with E-state index in [2.05, 4.69) is 68.3 Å². The van der Waals surface area contributed by atoms with Crippen molar-refractivity contribution in [2.75, 3.05) is 5.43 Å². The van der Waals surface area contributed by atoms with Crippen molar-refractivity contribution in [1.82, 2.24) is 9.97 Å². The van der Waals surface area contributed by atoms with Gasteiger partial charge in [0.1, 0.15) is 12.4 Å². The first kappa shape index (κ1) is 20.1. The number of para-hydroxylation sites is 2. The monoisotopic (exact) mass is 576 g/mol. The summed E-state index contributed by atoms with van der Waals surface area (Å²) in [4.78, 5) is 7.60. The van der Waals surface area contributed by atoms with Crippen LogP contribution < -0.4 is 10.2 Å².